The van der Waals surface area contributed by atoms with Gasteiger partial charge in [-0.25, -0.2) is 4.79 Å². The number of hydrogen-bond donors (Lipinski definition) is 3. The van der Waals surface area contributed by atoms with Crippen LogP contribution in [0.3, 0.4) is 0 Å². The molecule has 0 heterocycles. The second-order valence-corrected chi connectivity index (χ2v) is 6.84. The van der Waals surface area contributed by atoms with E-state index in [1.165, 1.54) is 12.8 Å². The van der Waals surface area contributed by atoms with Crippen LogP contribution in [0, 0.1) is 17.3 Å². The molecule has 0 spiro atoms. The monoisotopic (exact) mass is 268 g/mol. The highest BCUT2D eigenvalue weighted by molar-refractivity contribution is 5.74. The molecule has 0 aromatic rings. The maximum absolute atomic E-state index is 11.8. The summed E-state index contributed by atoms with van der Waals surface area (Å²) < 4.78 is 0. The molecule has 4 nitrogen and oxygen atoms in total. The quantitative estimate of drug-likeness (QED) is 0.716. The topological polar surface area (TPSA) is 61.4 Å². The Hall–Kier alpha value is -0.770. The zero-order chi connectivity index (χ0) is 13.9. The molecule has 0 saturated heterocycles. The van der Waals surface area contributed by atoms with Crippen LogP contribution in [0.25, 0.3) is 0 Å². The van der Waals surface area contributed by atoms with Crippen LogP contribution in [0.15, 0.2) is 0 Å². The van der Waals surface area contributed by atoms with Gasteiger partial charge in [0.25, 0.3) is 0 Å². The van der Waals surface area contributed by atoms with Gasteiger partial charge in [0.1, 0.15) is 0 Å². The Labute approximate surface area is 116 Å². The van der Waals surface area contributed by atoms with Gasteiger partial charge in [0, 0.05) is 18.0 Å². The molecule has 0 radical (unpaired) electrons. The van der Waals surface area contributed by atoms with E-state index in [-0.39, 0.29) is 18.1 Å². The molecule has 110 valence electrons. The minimum Gasteiger partial charge on any atom is -0.396 e. The SMILES string of the molecule is CC(C)C1CCC(NC(=O)NCC2(CO)CC2)CC1. The van der Waals surface area contributed by atoms with Crippen molar-refractivity contribution >= 4 is 6.03 Å². The van der Waals surface area contributed by atoms with E-state index in [0.29, 0.717) is 12.6 Å². The van der Waals surface area contributed by atoms with Gasteiger partial charge in [0.2, 0.25) is 0 Å². The number of amides is 2. The van der Waals surface area contributed by atoms with Crippen LogP contribution < -0.4 is 10.6 Å². The number of carbonyl (C=O) groups excluding carboxylic acids is 1. The molecule has 2 rings (SSSR count). The van der Waals surface area contributed by atoms with Crippen molar-refractivity contribution in [3.05, 3.63) is 0 Å². The minimum atomic E-state index is -0.0623. The highest BCUT2D eigenvalue weighted by atomic mass is 16.3. The summed E-state index contributed by atoms with van der Waals surface area (Å²) in [6, 6.07) is 0.270. The summed E-state index contributed by atoms with van der Waals surface area (Å²) in [7, 11) is 0. The Morgan fingerprint density at radius 3 is 2.37 bits per heavy atom. The van der Waals surface area contributed by atoms with Gasteiger partial charge >= 0.3 is 6.03 Å². The lowest BCUT2D eigenvalue weighted by Crippen LogP contribution is -2.45. The molecule has 0 aliphatic heterocycles. The van der Waals surface area contributed by atoms with Gasteiger partial charge in [0.15, 0.2) is 0 Å². The fraction of sp³-hybridized carbons (Fsp3) is 0.933. The van der Waals surface area contributed by atoms with Crippen molar-refractivity contribution in [3.63, 3.8) is 0 Å². The van der Waals surface area contributed by atoms with Crippen molar-refractivity contribution in [2.75, 3.05) is 13.2 Å². The van der Waals surface area contributed by atoms with Crippen LogP contribution in [-0.2, 0) is 0 Å². The summed E-state index contributed by atoms with van der Waals surface area (Å²) in [5, 5.41) is 15.2. The molecule has 2 fully saturated rings. The van der Waals surface area contributed by atoms with Crippen molar-refractivity contribution < 1.29 is 9.90 Å². The highest BCUT2D eigenvalue weighted by Crippen LogP contribution is 2.44. The van der Waals surface area contributed by atoms with E-state index >= 15 is 0 Å². The van der Waals surface area contributed by atoms with Crippen LogP contribution in [0.2, 0.25) is 0 Å². The van der Waals surface area contributed by atoms with Gasteiger partial charge in [-0.3, -0.25) is 0 Å². The molecule has 2 saturated carbocycles. The van der Waals surface area contributed by atoms with Crippen molar-refractivity contribution in [1.82, 2.24) is 10.6 Å². The van der Waals surface area contributed by atoms with Gasteiger partial charge in [-0.2, -0.15) is 0 Å². The van der Waals surface area contributed by atoms with Crippen LogP contribution >= 0.6 is 0 Å². The smallest absolute Gasteiger partial charge is 0.315 e. The molecule has 0 aromatic heterocycles. The molecule has 0 atom stereocenters. The van der Waals surface area contributed by atoms with Crippen LogP contribution in [0.5, 0.6) is 0 Å². The number of nitrogens with one attached hydrogen (secondary N) is 2. The molecule has 4 heteroatoms. The number of carbonyl (C=O) groups is 1. The molecule has 2 aliphatic carbocycles. The lowest BCUT2D eigenvalue weighted by Gasteiger charge is -2.31. The van der Waals surface area contributed by atoms with Gasteiger partial charge in [-0.05, 0) is 50.4 Å². The molecule has 19 heavy (non-hydrogen) atoms. The Balaban J connectivity index is 1.63. The summed E-state index contributed by atoms with van der Waals surface area (Å²) in [5.41, 5.74) is -0.00730. The Bertz CT molecular complexity index is 305. The van der Waals surface area contributed by atoms with Gasteiger partial charge < -0.3 is 15.7 Å². The van der Waals surface area contributed by atoms with Gasteiger partial charge in [-0.15, -0.1) is 0 Å². The lowest BCUT2D eigenvalue weighted by atomic mass is 9.80. The first-order valence-electron chi connectivity index (χ1n) is 7.70. The predicted molar refractivity (Wildman–Crippen MR) is 75.9 cm³/mol. The summed E-state index contributed by atoms with van der Waals surface area (Å²) in [5.74, 6) is 1.58. The molecule has 3 N–H and O–H groups in total. The molecule has 0 aromatic carbocycles. The number of rotatable bonds is 5. The van der Waals surface area contributed by atoms with E-state index < -0.39 is 0 Å². The highest BCUT2D eigenvalue weighted by Gasteiger charge is 2.42. The van der Waals surface area contributed by atoms with E-state index in [9.17, 15) is 9.90 Å². The molecular weight excluding hydrogens is 240 g/mol. The van der Waals surface area contributed by atoms with Gasteiger partial charge in [0.05, 0.1) is 6.61 Å². The molecule has 2 amide bonds. The predicted octanol–water partition coefficient (Wildman–Crippen LogP) is 2.27. The molecule has 0 unspecified atom stereocenters. The number of aliphatic hydroxyl groups excluding tert-OH is 1. The fourth-order valence-electron chi connectivity index (χ4n) is 3.00. The van der Waals surface area contributed by atoms with Crippen molar-refractivity contribution in [3.8, 4) is 0 Å². The summed E-state index contributed by atoms with van der Waals surface area (Å²) >= 11 is 0. The Morgan fingerprint density at radius 2 is 1.89 bits per heavy atom. The Kier molecular flexibility index (Phi) is 4.71. The minimum absolute atomic E-state index is 0.00730. The van der Waals surface area contributed by atoms with Crippen molar-refractivity contribution in [2.45, 2.75) is 58.4 Å². The first-order valence-corrected chi connectivity index (χ1v) is 7.70. The van der Waals surface area contributed by atoms with Crippen LogP contribution in [-0.4, -0.2) is 30.3 Å². The van der Waals surface area contributed by atoms with Crippen molar-refractivity contribution in [1.29, 1.82) is 0 Å². The molecule has 2 aliphatic rings. The lowest BCUT2D eigenvalue weighted by molar-refractivity contribution is 0.197. The van der Waals surface area contributed by atoms with Crippen LogP contribution in [0.4, 0.5) is 4.79 Å². The maximum Gasteiger partial charge on any atom is 0.315 e. The summed E-state index contributed by atoms with van der Waals surface area (Å²) in [6.45, 7) is 5.37. The first-order chi connectivity index (χ1) is 9.04. The maximum atomic E-state index is 11.8. The summed E-state index contributed by atoms with van der Waals surface area (Å²) in [4.78, 5) is 11.8. The number of aliphatic hydroxyl groups is 1. The van der Waals surface area contributed by atoms with E-state index in [4.69, 9.17) is 0 Å². The standard InChI is InChI=1S/C15H28N2O2/c1-11(2)12-3-5-13(6-4-12)17-14(19)16-9-15(10-18)7-8-15/h11-13,18H,3-10H2,1-2H3,(H2,16,17,19). The third-order valence-corrected chi connectivity index (χ3v) is 4.97. The zero-order valence-corrected chi connectivity index (χ0v) is 12.2. The van der Waals surface area contributed by atoms with Crippen LogP contribution in [0.1, 0.15) is 52.4 Å². The summed E-state index contributed by atoms with van der Waals surface area (Å²) in [6.07, 6.45) is 6.71. The average molecular weight is 268 g/mol. The molecular formula is C15H28N2O2. The third kappa shape index (κ3) is 4.10. The van der Waals surface area contributed by atoms with Crippen molar-refractivity contribution in [2.24, 2.45) is 17.3 Å². The second kappa shape index (κ2) is 6.12. The third-order valence-electron chi connectivity index (χ3n) is 4.97. The largest absolute Gasteiger partial charge is 0.396 e. The normalized spacial score (nSPS) is 29.1. The average Bonchev–Trinajstić information content (AvgIpc) is 3.18. The van der Waals surface area contributed by atoms with E-state index in [1.54, 1.807) is 0 Å². The Morgan fingerprint density at radius 1 is 1.26 bits per heavy atom. The van der Waals surface area contributed by atoms with E-state index in [1.807, 2.05) is 0 Å². The number of hydrogen-bond acceptors (Lipinski definition) is 2. The molecule has 0 bridgehead atoms. The van der Waals surface area contributed by atoms with E-state index in [0.717, 1.165) is 37.5 Å². The number of urea groups is 1. The second-order valence-electron chi connectivity index (χ2n) is 6.84. The zero-order valence-electron chi connectivity index (χ0n) is 12.2. The van der Waals surface area contributed by atoms with Gasteiger partial charge in [-0.1, -0.05) is 13.8 Å². The fourth-order valence-corrected chi connectivity index (χ4v) is 3.00. The van der Waals surface area contributed by atoms with E-state index in [2.05, 4.69) is 24.5 Å². The first kappa shape index (κ1) is 14.6.